The van der Waals surface area contributed by atoms with Crippen molar-refractivity contribution in [1.29, 1.82) is 0 Å². The van der Waals surface area contributed by atoms with E-state index in [1.54, 1.807) is 11.8 Å². The number of nitrogens with zero attached hydrogens (tertiary/aromatic N) is 2. The number of thioether (sulfide) groups is 1. The maximum absolute atomic E-state index is 6.33. The molecule has 0 saturated carbocycles. The van der Waals surface area contributed by atoms with Gasteiger partial charge in [-0.3, -0.25) is 0 Å². The summed E-state index contributed by atoms with van der Waals surface area (Å²) in [7, 11) is 0. The number of aromatic nitrogens is 2. The number of nitrogens with two attached hydrogens (primary N) is 1. The molecule has 3 nitrogen and oxygen atoms in total. The number of thiophene rings is 1. The van der Waals surface area contributed by atoms with Crippen LogP contribution in [0.15, 0.2) is 35.5 Å². The molecule has 0 radical (unpaired) electrons. The van der Waals surface area contributed by atoms with Gasteiger partial charge in [0.15, 0.2) is 5.16 Å². The van der Waals surface area contributed by atoms with Crippen molar-refractivity contribution in [1.82, 2.24) is 9.97 Å². The number of anilines is 1. The fourth-order valence-electron chi connectivity index (χ4n) is 3.31. The molecular formula is C19H21N3S2. The van der Waals surface area contributed by atoms with Crippen LogP contribution in [0.1, 0.15) is 41.7 Å². The van der Waals surface area contributed by atoms with E-state index < -0.39 is 0 Å². The smallest absolute Gasteiger partial charge is 0.191 e. The van der Waals surface area contributed by atoms with Crippen LogP contribution in [0.5, 0.6) is 0 Å². The van der Waals surface area contributed by atoms with Crippen LogP contribution in [0.2, 0.25) is 0 Å². The fraction of sp³-hybridized carbons (Fsp3) is 0.368. The second kappa shape index (κ2) is 7.11. The van der Waals surface area contributed by atoms with Gasteiger partial charge in [0.25, 0.3) is 0 Å². The minimum Gasteiger partial charge on any atom is -0.383 e. The molecule has 0 aliphatic heterocycles. The van der Waals surface area contributed by atoms with Crippen molar-refractivity contribution in [3.8, 4) is 0 Å². The first-order valence-corrected chi connectivity index (χ1v) is 10.4. The van der Waals surface area contributed by atoms with Gasteiger partial charge in [0.2, 0.25) is 0 Å². The molecule has 1 aromatic carbocycles. The average Bonchev–Trinajstić information content (AvgIpc) is 2.91. The molecule has 1 aliphatic rings. The third-order valence-corrected chi connectivity index (χ3v) is 6.64. The van der Waals surface area contributed by atoms with Crippen LogP contribution in [0.4, 0.5) is 5.82 Å². The van der Waals surface area contributed by atoms with Gasteiger partial charge in [-0.15, -0.1) is 11.3 Å². The predicted molar refractivity (Wildman–Crippen MR) is 104 cm³/mol. The van der Waals surface area contributed by atoms with Gasteiger partial charge in [-0.2, -0.15) is 0 Å². The molecule has 4 rings (SSSR count). The van der Waals surface area contributed by atoms with Crippen LogP contribution in [0.3, 0.4) is 0 Å². The molecule has 1 aliphatic carbocycles. The van der Waals surface area contributed by atoms with Crippen LogP contribution in [0.25, 0.3) is 10.2 Å². The molecule has 2 aromatic heterocycles. The number of nitrogen functional groups attached to an aromatic ring is 1. The molecule has 0 amide bonds. The Bertz CT molecular complexity index is 843. The van der Waals surface area contributed by atoms with E-state index in [0.29, 0.717) is 5.82 Å². The van der Waals surface area contributed by atoms with Crippen LogP contribution >= 0.6 is 23.1 Å². The highest BCUT2D eigenvalue weighted by atomic mass is 32.2. The number of fused-ring (bicyclic) bond motifs is 3. The second-order valence-corrected chi connectivity index (χ2v) is 8.29. The average molecular weight is 356 g/mol. The number of hydrogen-bond acceptors (Lipinski definition) is 5. The third-order valence-electron chi connectivity index (χ3n) is 4.53. The Labute approximate surface area is 150 Å². The van der Waals surface area contributed by atoms with Crippen molar-refractivity contribution in [2.75, 3.05) is 5.73 Å². The Morgan fingerprint density at radius 3 is 2.62 bits per heavy atom. The zero-order chi connectivity index (χ0) is 16.4. The van der Waals surface area contributed by atoms with Crippen molar-refractivity contribution >= 4 is 39.1 Å². The SMILES string of the molecule is Nc1nc(SCc2ccccc2)nc2sc3c(c12)CCCCCC3. The predicted octanol–water partition coefficient (Wildman–Crippen LogP) is 5.22. The molecule has 2 N–H and O–H groups in total. The Hall–Kier alpha value is -1.59. The highest BCUT2D eigenvalue weighted by Gasteiger charge is 2.18. The van der Waals surface area contributed by atoms with Gasteiger partial charge < -0.3 is 5.73 Å². The molecule has 0 bridgehead atoms. The molecule has 0 saturated heterocycles. The lowest BCUT2D eigenvalue weighted by molar-refractivity contribution is 0.624. The van der Waals surface area contributed by atoms with Gasteiger partial charge in [0, 0.05) is 10.6 Å². The van der Waals surface area contributed by atoms with Crippen LogP contribution in [-0.4, -0.2) is 9.97 Å². The topological polar surface area (TPSA) is 51.8 Å². The fourth-order valence-corrected chi connectivity index (χ4v) is 5.44. The van der Waals surface area contributed by atoms with Crippen molar-refractivity contribution in [3.05, 3.63) is 46.3 Å². The first-order chi connectivity index (χ1) is 11.8. The van der Waals surface area contributed by atoms with E-state index in [1.807, 2.05) is 17.4 Å². The second-order valence-electron chi connectivity index (χ2n) is 6.26. The number of hydrogen-bond donors (Lipinski definition) is 1. The Morgan fingerprint density at radius 2 is 1.79 bits per heavy atom. The van der Waals surface area contributed by atoms with Gasteiger partial charge in [-0.25, -0.2) is 9.97 Å². The molecule has 0 atom stereocenters. The molecule has 0 fully saturated rings. The monoisotopic (exact) mass is 355 g/mol. The van der Waals surface area contributed by atoms with Gasteiger partial charge in [0.1, 0.15) is 10.6 Å². The van der Waals surface area contributed by atoms with E-state index in [9.17, 15) is 0 Å². The van der Waals surface area contributed by atoms with Crippen molar-refractivity contribution < 1.29 is 0 Å². The Kier molecular flexibility index (Phi) is 4.72. The minimum absolute atomic E-state index is 0.661. The summed E-state index contributed by atoms with van der Waals surface area (Å²) in [6.45, 7) is 0. The summed E-state index contributed by atoms with van der Waals surface area (Å²) in [6.07, 6.45) is 7.49. The molecule has 0 spiro atoms. The van der Waals surface area contributed by atoms with Crippen LogP contribution < -0.4 is 5.73 Å². The standard InChI is InChI=1S/C19H21N3S2/c20-17-16-14-10-6-1-2-7-11-15(14)24-18(16)22-19(21-17)23-12-13-8-4-3-5-9-13/h3-5,8-9H,1-2,6-7,10-12H2,(H2,20,21,22). The number of rotatable bonds is 3. The van der Waals surface area contributed by atoms with Crippen molar-refractivity contribution in [3.63, 3.8) is 0 Å². The first kappa shape index (κ1) is 15.9. The largest absolute Gasteiger partial charge is 0.383 e. The first-order valence-electron chi connectivity index (χ1n) is 8.56. The van der Waals surface area contributed by atoms with Gasteiger partial charge in [0.05, 0.1) is 5.39 Å². The Balaban J connectivity index is 1.64. The Morgan fingerprint density at radius 1 is 1.00 bits per heavy atom. The van der Waals surface area contributed by atoms with Crippen LogP contribution in [-0.2, 0) is 18.6 Å². The molecule has 0 unspecified atom stereocenters. The normalized spacial score (nSPS) is 15.0. The highest BCUT2D eigenvalue weighted by Crippen LogP contribution is 2.37. The lowest BCUT2D eigenvalue weighted by Gasteiger charge is -2.09. The zero-order valence-electron chi connectivity index (χ0n) is 13.6. The quantitative estimate of drug-likeness (QED) is 0.516. The lowest BCUT2D eigenvalue weighted by atomic mass is 9.98. The van der Waals surface area contributed by atoms with Crippen LogP contribution in [0, 0.1) is 0 Å². The lowest BCUT2D eigenvalue weighted by Crippen LogP contribution is -2.00. The summed E-state index contributed by atoms with van der Waals surface area (Å²) < 4.78 is 0. The summed E-state index contributed by atoms with van der Waals surface area (Å²) in [5.74, 6) is 1.53. The van der Waals surface area contributed by atoms with E-state index in [1.165, 1.54) is 48.1 Å². The van der Waals surface area contributed by atoms with E-state index in [0.717, 1.165) is 27.5 Å². The van der Waals surface area contributed by atoms with Gasteiger partial charge in [-0.05, 0) is 36.8 Å². The summed E-state index contributed by atoms with van der Waals surface area (Å²) in [5, 5.41) is 1.92. The maximum Gasteiger partial charge on any atom is 0.191 e. The molecule has 24 heavy (non-hydrogen) atoms. The third kappa shape index (κ3) is 3.28. The number of benzene rings is 1. The molecule has 3 aromatic rings. The maximum atomic E-state index is 6.33. The van der Waals surface area contributed by atoms with E-state index in [4.69, 9.17) is 10.7 Å². The minimum atomic E-state index is 0.661. The van der Waals surface area contributed by atoms with E-state index in [-0.39, 0.29) is 0 Å². The van der Waals surface area contributed by atoms with Gasteiger partial charge >= 0.3 is 0 Å². The number of aryl methyl sites for hydroxylation is 2. The van der Waals surface area contributed by atoms with E-state index >= 15 is 0 Å². The molecule has 5 heteroatoms. The summed E-state index contributed by atoms with van der Waals surface area (Å²) in [6, 6.07) is 10.4. The zero-order valence-corrected chi connectivity index (χ0v) is 15.3. The van der Waals surface area contributed by atoms with Gasteiger partial charge in [-0.1, -0.05) is 54.9 Å². The summed E-state index contributed by atoms with van der Waals surface area (Å²) in [5.41, 5.74) is 9.03. The molecular weight excluding hydrogens is 334 g/mol. The van der Waals surface area contributed by atoms with Crippen molar-refractivity contribution in [2.24, 2.45) is 0 Å². The molecule has 124 valence electrons. The van der Waals surface area contributed by atoms with E-state index in [2.05, 4.69) is 29.2 Å². The summed E-state index contributed by atoms with van der Waals surface area (Å²) in [4.78, 5) is 12.0. The summed E-state index contributed by atoms with van der Waals surface area (Å²) >= 11 is 3.49. The molecule has 2 heterocycles. The highest BCUT2D eigenvalue weighted by molar-refractivity contribution is 7.98. The van der Waals surface area contributed by atoms with Crippen molar-refractivity contribution in [2.45, 2.75) is 49.4 Å².